The summed E-state index contributed by atoms with van der Waals surface area (Å²) in [5, 5.41) is 4.68. The zero-order valence-corrected chi connectivity index (χ0v) is 15.6. The Bertz CT molecular complexity index is 730. The van der Waals surface area contributed by atoms with Crippen molar-refractivity contribution in [1.29, 1.82) is 0 Å². The maximum atomic E-state index is 12.3. The molecule has 25 heavy (non-hydrogen) atoms. The summed E-state index contributed by atoms with van der Waals surface area (Å²) in [6, 6.07) is 5.84. The molecule has 3 heterocycles. The van der Waals surface area contributed by atoms with E-state index < -0.39 is 0 Å². The van der Waals surface area contributed by atoms with E-state index in [9.17, 15) is 4.79 Å². The van der Waals surface area contributed by atoms with Crippen LogP contribution in [0, 0.1) is 19.8 Å². The summed E-state index contributed by atoms with van der Waals surface area (Å²) in [5.74, 6) is 1.51. The maximum absolute atomic E-state index is 12.3. The number of piperazine rings is 1. The van der Waals surface area contributed by atoms with Crippen molar-refractivity contribution in [2.24, 2.45) is 5.92 Å². The van der Waals surface area contributed by atoms with Gasteiger partial charge in [0.1, 0.15) is 0 Å². The molecule has 2 aromatic rings. The number of rotatable bonds is 4. The predicted molar refractivity (Wildman–Crippen MR) is 99.1 cm³/mol. The standard InChI is InChI=1S/C19H27N5O/c1-14(2)13-18(25)22-9-11-23(12-10-22)19-15(3)21-24(16(19)4)17-7-5-6-8-20-17/h5-8,14H,9-13H2,1-4H3. The van der Waals surface area contributed by atoms with E-state index in [1.54, 1.807) is 6.20 Å². The van der Waals surface area contributed by atoms with Gasteiger partial charge in [-0.15, -0.1) is 0 Å². The van der Waals surface area contributed by atoms with Crippen molar-refractivity contribution in [1.82, 2.24) is 19.7 Å². The number of carbonyl (C=O) groups excluding carboxylic acids is 1. The van der Waals surface area contributed by atoms with Crippen LogP contribution in [-0.2, 0) is 4.79 Å². The van der Waals surface area contributed by atoms with Crippen molar-refractivity contribution < 1.29 is 4.79 Å². The van der Waals surface area contributed by atoms with Crippen LogP contribution in [0.2, 0.25) is 0 Å². The molecule has 134 valence electrons. The molecule has 0 aromatic carbocycles. The lowest BCUT2D eigenvalue weighted by atomic mass is 10.1. The summed E-state index contributed by atoms with van der Waals surface area (Å²) in [6.45, 7) is 11.6. The molecule has 0 unspecified atom stereocenters. The highest BCUT2D eigenvalue weighted by molar-refractivity contribution is 5.76. The number of anilines is 1. The molecule has 1 amide bonds. The second kappa shape index (κ2) is 7.25. The third-order valence-corrected chi connectivity index (χ3v) is 4.65. The molecular formula is C19H27N5O. The molecule has 0 bridgehead atoms. The van der Waals surface area contributed by atoms with Crippen molar-refractivity contribution in [2.45, 2.75) is 34.1 Å². The van der Waals surface area contributed by atoms with Crippen molar-refractivity contribution in [3.63, 3.8) is 0 Å². The van der Waals surface area contributed by atoms with E-state index in [1.165, 1.54) is 5.69 Å². The molecule has 0 aliphatic carbocycles. The minimum absolute atomic E-state index is 0.271. The van der Waals surface area contributed by atoms with Gasteiger partial charge in [0.25, 0.3) is 0 Å². The smallest absolute Gasteiger partial charge is 0.222 e. The number of carbonyl (C=O) groups is 1. The van der Waals surface area contributed by atoms with Crippen molar-refractivity contribution in [2.75, 3.05) is 31.1 Å². The monoisotopic (exact) mass is 341 g/mol. The third-order valence-electron chi connectivity index (χ3n) is 4.65. The average molecular weight is 341 g/mol. The topological polar surface area (TPSA) is 54.3 Å². The average Bonchev–Trinajstić information content (AvgIpc) is 2.90. The lowest BCUT2D eigenvalue weighted by Crippen LogP contribution is -2.49. The number of nitrogens with zero attached hydrogens (tertiary/aromatic N) is 5. The summed E-state index contributed by atoms with van der Waals surface area (Å²) in [4.78, 5) is 21.0. The van der Waals surface area contributed by atoms with E-state index in [2.05, 4.69) is 35.8 Å². The van der Waals surface area contributed by atoms with Crippen LogP contribution in [0.5, 0.6) is 0 Å². The van der Waals surface area contributed by atoms with Crippen LogP contribution < -0.4 is 4.90 Å². The van der Waals surface area contributed by atoms with Crippen molar-refractivity contribution in [3.05, 3.63) is 35.8 Å². The SMILES string of the molecule is Cc1nn(-c2ccccn2)c(C)c1N1CCN(C(=O)CC(C)C)CC1. The number of amides is 1. The van der Waals surface area contributed by atoms with Gasteiger partial charge in [0, 0.05) is 38.8 Å². The van der Waals surface area contributed by atoms with E-state index >= 15 is 0 Å². The van der Waals surface area contributed by atoms with E-state index in [-0.39, 0.29) is 5.91 Å². The van der Waals surface area contributed by atoms with Gasteiger partial charge in [-0.2, -0.15) is 5.10 Å². The number of pyridine rings is 1. The first-order valence-electron chi connectivity index (χ1n) is 8.97. The first kappa shape index (κ1) is 17.5. The van der Waals surface area contributed by atoms with Crippen molar-refractivity contribution in [3.8, 4) is 5.82 Å². The highest BCUT2D eigenvalue weighted by Crippen LogP contribution is 2.27. The van der Waals surface area contributed by atoms with Gasteiger partial charge >= 0.3 is 0 Å². The van der Waals surface area contributed by atoms with Gasteiger partial charge in [0.05, 0.1) is 17.1 Å². The molecule has 0 radical (unpaired) electrons. The Balaban J connectivity index is 1.74. The van der Waals surface area contributed by atoms with Crippen LogP contribution in [0.3, 0.4) is 0 Å². The largest absolute Gasteiger partial charge is 0.365 e. The van der Waals surface area contributed by atoms with Gasteiger partial charge in [-0.1, -0.05) is 19.9 Å². The van der Waals surface area contributed by atoms with Crippen LogP contribution in [0.1, 0.15) is 31.7 Å². The summed E-state index contributed by atoms with van der Waals surface area (Å²) >= 11 is 0. The van der Waals surface area contributed by atoms with Crippen LogP contribution in [-0.4, -0.2) is 51.8 Å². The molecule has 0 saturated carbocycles. The van der Waals surface area contributed by atoms with Crippen molar-refractivity contribution >= 4 is 11.6 Å². The Morgan fingerprint density at radius 2 is 1.88 bits per heavy atom. The maximum Gasteiger partial charge on any atom is 0.222 e. The van der Waals surface area contributed by atoms with Crippen LogP contribution in [0.15, 0.2) is 24.4 Å². The molecule has 0 atom stereocenters. The number of hydrogen-bond donors (Lipinski definition) is 0. The minimum atomic E-state index is 0.271. The van der Waals surface area contributed by atoms with E-state index in [0.29, 0.717) is 12.3 Å². The van der Waals surface area contributed by atoms with Gasteiger partial charge in [0.15, 0.2) is 5.82 Å². The molecule has 1 fully saturated rings. The first-order chi connectivity index (χ1) is 12.0. The fraction of sp³-hybridized carbons (Fsp3) is 0.526. The Labute approximate surface area is 149 Å². The summed E-state index contributed by atoms with van der Waals surface area (Å²) in [5.41, 5.74) is 3.27. The van der Waals surface area contributed by atoms with E-state index in [0.717, 1.165) is 43.4 Å². The summed E-state index contributed by atoms with van der Waals surface area (Å²) in [7, 11) is 0. The fourth-order valence-corrected chi connectivity index (χ4v) is 3.45. The predicted octanol–water partition coefficient (Wildman–Crippen LogP) is 2.58. The van der Waals surface area contributed by atoms with Gasteiger partial charge in [0.2, 0.25) is 5.91 Å². The van der Waals surface area contributed by atoms with Crippen LogP contribution >= 0.6 is 0 Å². The third kappa shape index (κ3) is 3.67. The van der Waals surface area contributed by atoms with Crippen LogP contribution in [0.4, 0.5) is 5.69 Å². The quantitative estimate of drug-likeness (QED) is 0.858. The van der Waals surface area contributed by atoms with Gasteiger partial charge in [-0.05, 0) is 31.9 Å². The Morgan fingerprint density at radius 3 is 2.48 bits per heavy atom. The summed E-state index contributed by atoms with van der Waals surface area (Å²) in [6.07, 6.45) is 2.42. The lowest BCUT2D eigenvalue weighted by molar-refractivity contribution is -0.132. The Morgan fingerprint density at radius 1 is 1.16 bits per heavy atom. The molecule has 3 rings (SSSR count). The first-order valence-corrected chi connectivity index (χ1v) is 8.97. The Kier molecular flexibility index (Phi) is 5.06. The molecule has 6 heteroatoms. The highest BCUT2D eigenvalue weighted by atomic mass is 16.2. The molecule has 6 nitrogen and oxygen atoms in total. The molecule has 1 saturated heterocycles. The van der Waals surface area contributed by atoms with Gasteiger partial charge in [-0.25, -0.2) is 9.67 Å². The highest BCUT2D eigenvalue weighted by Gasteiger charge is 2.25. The molecule has 2 aromatic heterocycles. The molecule has 1 aliphatic heterocycles. The second-order valence-electron chi connectivity index (χ2n) is 7.08. The minimum Gasteiger partial charge on any atom is -0.365 e. The Hall–Kier alpha value is -2.37. The number of aromatic nitrogens is 3. The zero-order chi connectivity index (χ0) is 18.0. The molecule has 0 spiro atoms. The van der Waals surface area contributed by atoms with Gasteiger partial charge < -0.3 is 9.80 Å². The molecule has 1 aliphatic rings. The molecule has 0 N–H and O–H groups in total. The second-order valence-corrected chi connectivity index (χ2v) is 7.08. The van der Waals surface area contributed by atoms with E-state index in [4.69, 9.17) is 0 Å². The lowest BCUT2D eigenvalue weighted by Gasteiger charge is -2.36. The fourth-order valence-electron chi connectivity index (χ4n) is 3.45. The number of hydrogen-bond acceptors (Lipinski definition) is 4. The molecular weight excluding hydrogens is 314 g/mol. The number of aryl methyl sites for hydroxylation is 1. The summed E-state index contributed by atoms with van der Waals surface area (Å²) < 4.78 is 1.90. The zero-order valence-electron chi connectivity index (χ0n) is 15.6. The normalized spacial score (nSPS) is 15.1. The van der Waals surface area contributed by atoms with Crippen LogP contribution in [0.25, 0.3) is 5.82 Å². The van der Waals surface area contributed by atoms with E-state index in [1.807, 2.05) is 34.7 Å². The van der Waals surface area contributed by atoms with Gasteiger partial charge in [-0.3, -0.25) is 4.79 Å².